The summed E-state index contributed by atoms with van der Waals surface area (Å²) in [6, 6.07) is 5.53. The molecule has 1 amide bonds. The van der Waals surface area contributed by atoms with Crippen LogP contribution in [0.4, 0.5) is 17.6 Å². The number of hydrogen-bond donors (Lipinski definition) is 2. The molecule has 0 spiro atoms. The molecule has 1 aromatic carbocycles. The number of halogens is 4. The molecule has 3 aromatic rings. The molecule has 146 valence electrons. The molecule has 2 N–H and O–H groups in total. The maximum atomic E-state index is 12.9. The first kappa shape index (κ1) is 19.4. The van der Waals surface area contributed by atoms with Gasteiger partial charge in [0.2, 0.25) is 5.82 Å². The molecule has 0 radical (unpaired) electrons. The van der Waals surface area contributed by atoms with Crippen LogP contribution in [0.15, 0.2) is 47.1 Å². The normalized spacial score (nSPS) is 12.6. The van der Waals surface area contributed by atoms with Crippen molar-refractivity contribution in [1.82, 2.24) is 20.4 Å². The maximum absolute atomic E-state index is 12.9. The van der Waals surface area contributed by atoms with Crippen molar-refractivity contribution < 1.29 is 32.0 Å². The highest BCUT2D eigenvalue weighted by atomic mass is 19.4. The number of benzene rings is 1. The number of rotatable bonds is 5. The third kappa shape index (κ3) is 4.31. The maximum Gasteiger partial charge on any atom is 0.417 e. The van der Waals surface area contributed by atoms with Crippen LogP contribution in [0.3, 0.4) is 0 Å². The monoisotopic (exact) mass is 396 g/mol. The van der Waals surface area contributed by atoms with E-state index >= 15 is 0 Å². The predicted octanol–water partition coefficient (Wildman–Crippen LogP) is 2.75. The van der Waals surface area contributed by atoms with Gasteiger partial charge in [0.15, 0.2) is 0 Å². The van der Waals surface area contributed by atoms with Gasteiger partial charge in [0.05, 0.1) is 12.2 Å². The van der Waals surface area contributed by atoms with Gasteiger partial charge in [0, 0.05) is 11.8 Å². The minimum atomic E-state index is -4.53. The van der Waals surface area contributed by atoms with Gasteiger partial charge in [-0.05, 0) is 36.4 Å². The number of carbonyl (C=O) groups excluding carboxylic acids is 1. The van der Waals surface area contributed by atoms with Crippen LogP contribution < -0.4 is 5.32 Å². The van der Waals surface area contributed by atoms with E-state index in [2.05, 4.69) is 20.4 Å². The molecule has 0 aliphatic carbocycles. The van der Waals surface area contributed by atoms with Gasteiger partial charge in [-0.3, -0.25) is 9.78 Å². The number of alkyl halides is 3. The molecule has 0 unspecified atom stereocenters. The highest BCUT2D eigenvalue weighted by Gasteiger charge is 2.31. The summed E-state index contributed by atoms with van der Waals surface area (Å²) in [5.41, 5.74) is -0.770. The second-order valence-corrected chi connectivity index (χ2v) is 5.60. The Labute approximate surface area is 155 Å². The van der Waals surface area contributed by atoms with Crippen LogP contribution in [0.2, 0.25) is 0 Å². The van der Waals surface area contributed by atoms with E-state index in [1.807, 2.05) is 0 Å². The van der Waals surface area contributed by atoms with E-state index in [1.165, 1.54) is 12.1 Å². The first-order valence-electron chi connectivity index (χ1n) is 7.82. The Balaban J connectivity index is 1.75. The Morgan fingerprint density at radius 2 is 1.89 bits per heavy atom. The fourth-order valence-corrected chi connectivity index (χ4v) is 2.20. The van der Waals surface area contributed by atoms with Crippen LogP contribution in [-0.2, 0) is 6.18 Å². The van der Waals surface area contributed by atoms with Gasteiger partial charge >= 0.3 is 6.18 Å². The summed E-state index contributed by atoms with van der Waals surface area (Å²) in [5.74, 6) is -1.42. The molecule has 0 aliphatic rings. The summed E-state index contributed by atoms with van der Waals surface area (Å²) in [6.07, 6.45) is -3.90. The van der Waals surface area contributed by atoms with Crippen molar-refractivity contribution in [2.24, 2.45) is 0 Å². The summed E-state index contributed by atoms with van der Waals surface area (Å²) >= 11 is 0. The van der Waals surface area contributed by atoms with Crippen molar-refractivity contribution in [2.75, 3.05) is 6.61 Å². The zero-order valence-corrected chi connectivity index (χ0v) is 13.9. The van der Waals surface area contributed by atoms with E-state index in [4.69, 9.17) is 4.52 Å². The van der Waals surface area contributed by atoms with Gasteiger partial charge < -0.3 is 14.9 Å². The van der Waals surface area contributed by atoms with E-state index in [1.54, 1.807) is 0 Å². The SMILES string of the molecule is O=C(N[C@@H](CO)c1nc(-c2ccc(C(F)(F)F)cn2)no1)c1ccc(F)cc1. The van der Waals surface area contributed by atoms with Gasteiger partial charge in [-0.2, -0.15) is 18.2 Å². The number of aliphatic hydroxyl groups is 1. The highest BCUT2D eigenvalue weighted by Crippen LogP contribution is 2.29. The number of nitrogens with zero attached hydrogens (tertiary/aromatic N) is 3. The second-order valence-electron chi connectivity index (χ2n) is 5.60. The van der Waals surface area contributed by atoms with Crippen molar-refractivity contribution in [3.05, 3.63) is 65.4 Å². The molecule has 3 rings (SSSR count). The number of aromatic nitrogens is 3. The Morgan fingerprint density at radius 1 is 1.18 bits per heavy atom. The molecule has 2 heterocycles. The second kappa shape index (κ2) is 7.72. The van der Waals surface area contributed by atoms with Crippen LogP contribution in [0, 0.1) is 5.82 Å². The quantitative estimate of drug-likeness (QED) is 0.643. The standard InChI is InChI=1S/C17H12F4N4O3/c18-11-4-1-9(2-5-11)15(27)23-13(8-26)16-24-14(25-28-16)12-6-3-10(7-22-12)17(19,20)21/h1-7,13,26H,8H2,(H,23,27)/t13-/m0/s1. The minimum absolute atomic E-state index is 0.0181. The van der Waals surface area contributed by atoms with Crippen molar-refractivity contribution in [3.63, 3.8) is 0 Å². The molecule has 28 heavy (non-hydrogen) atoms. The predicted molar refractivity (Wildman–Crippen MR) is 86.2 cm³/mol. The molecule has 2 aromatic heterocycles. The van der Waals surface area contributed by atoms with E-state index in [0.29, 0.717) is 6.20 Å². The molecule has 0 saturated carbocycles. The molecule has 0 aliphatic heterocycles. The molecule has 1 atom stereocenters. The van der Waals surface area contributed by atoms with Gasteiger partial charge in [-0.1, -0.05) is 5.16 Å². The number of pyridine rings is 1. The van der Waals surface area contributed by atoms with Gasteiger partial charge in [-0.15, -0.1) is 0 Å². The van der Waals surface area contributed by atoms with Crippen molar-refractivity contribution >= 4 is 5.91 Å². The van der Waals surface area contributed by atoms with E-state index in [-0.39, 0.29) is 23.0 Å². The molecule has 11 heteroatoms. The smallest absolute Gasteiger partial charge is 0.394 e. The number of nitrogens with one attached hydrogen (secondary N) is 1. The van der Waals surface area contributed by atoms with Crippen LogP contribution in [0.5, 0.6) is 0 Å². The molecule has 0 bridgehead atoms. The largest absolute Gasteiger partial charge is 0.417 e. The molecule has 0 fully saturated rings. The minimum Gasteiger partial charge on any atom is -0.394 e. The lowest BCUT2D eigenvalue weighted by Gasteiger charge is -2.12. The van der Waals surface area contributed by atoms with Crippen LogP contribution in [0.1, 0.15) is 27.9 Å². The number of carbonyl (C=O) groups is 1. The van der Waals surface area contributed by atoms with Crippen LogP contribution >= 0.6 is 0 Å². The topological polar surface area (TPSA) is 101 Å². The molecular formula is C17H12F4N4O3. The fourth-order valence-electron chi connectivity index (χ4n) is 2.20. The first-order valence-corrected chi connectivity index (χ1v) is 7.82. The van der Waals surface area contributed by atoms with Gasteiger partial charge in [0.25, 0.3) is 11.8 Å². The number of aliphatic hydroxyl groups excluding tert-OH is 1. The summed E-state index contributed by atoms with van der Waals surface area (Å²) in [4.78, 5) is 19.7. The lowest BCUT2D eigenvalue weighted by molar-refractivity contribution is -0.137. The summed E-state index contributed by atoms with van der Waals surface area (Å²) in [5, 5.41) is 15.5. The lowest BCUT2D eigenvalue weighted by atomic mass is 10.2. The van der Waals surface area contributed by atoms with Gasteiger partial charge in [-0.25, -0.2) is 4.39 Å². The van der Waals surface area contributed by atoms with E-state index in [0.717, 1.165) is 24.3 Å². The van der Waals surface area contributed by atoms with Crippen LogP contribution in [0.25, 0.3) is 11.5 Å². The Morgan fingerprint density at radius 3 is 2.46 bits per heavy atom. The van der Waals surface area contributed by atoms with Crippen molar-refractivity contribution in [1.29, 1.82) is 0 Å². The Kier molecular flexibility index (Phi) is 5.36. The average molecular weight is 396 g/mol. The fraction of sp³-hybridized carbons (Fsp3) is 0.176. The Bertz CT molecular complexity index is 956. The summed E-state index contributed by atoms with van der Waals surface area (Å²) < 4.78 is 55.6. The number of hydrogen-bond acceptors (Lipinski definition) is 6. The zero-order chi connectivity index (χ0) is 20.3. The summed E-state index contributed by atoms with van der Waals surface area (Å²) in [7, 11) is 0. The van der Waals surface area contributed by atoms with E-state index in [9.17, 15) is 27.5 Å². The third-order valence-electron chi connectivity index (χ3n) is 3.65. The van der Waals surface area contributed by atoms with Gasteiger partial charge in [0.1, 0.15) is 17.6 Å². The lowest BCUT2D eigenvalue weighted by Crippen LogP contribution is -2.31. The van der Waals surface area contributed by atoms with Crippen LogP contribution in [-0.4, -0.2) is 32.7 Å². The first-order chi connectivity index (χ1) is 13.3. The summed E-state index contributed by atoms with van der Waals surface area (Å²) in [6.45, 7) is -0.588. The highest BCUT2D eigenvalue weighted by molar-refractivity contribution is 5.94. The van der Waals surface area contributed by atoms with E-state index < -0.39 is 36.1 Å². The average Bonchev–Trinajstić information content (AvgIpc) is 3.16. The zero-order valence-electron chi connectivity index (χ0n) is 13.9. The Hall–Kier alpha value is -3.34. The third-order valence-corrected chi connectivity index (χ3v) is 3.65. The van der Waals surface area contributed by atoms with Crippen molar-refractivity contribution in [3.8, 4) is 11.5 Å². The molecule has 0 saturated heterocycles. The molecular weight excluding hydrogens is 384 g/mol. The molecule has 7 nitrogen and oxygen atoms in total. The number of amides is 1. The van der Waals surface area contributed by atoms with Crippen molar-refractivity contribution in [2.45, 2.75) is 12.2 Å².